The van der Waals surface area contributed by atoms with E-state index in [0.717, 1.165) is 5.39 Å². The Morgan fingerprint density at radius 2 is 2.00 bits per heavy atom. The van der Waals surface area contributed by atoms with Gasteiger partial charge in [0.05, 0.1) is 0 Å². The highest BCUT2D eigenvalue weighted by molar-refractivity contribution is 5.82. The average Bonchev–Trinajstić information content (AvgIpc) is 2.04. The third-order valence-corrected chi connectivity index (χ3v) is 1.82. The van der Waals surface area contributed by atoms with E-state index < -0.39 is 0 Å². The molecule has 0 radical (unpaired) electrons. The van der Waals surface area contributed by atoms with Crippen LogP contribution in [0.1, 0.15) is 5.69 Å². The minimum Gasteiger partial charge on any atom is -0.225 e. The quantitative estimate of drug-likeness (QED) is 0.541. The highest BCUT2D eigenvalue weighted by atomic mass is 19.1. The summed E-state index contributed by atoms with van der Waals surface area (Å²) >= 11 is 0. The van der Waals surface area contributed by atoms with Crippen LogP contribution in [0.2, 0.25) is 0 Å². The lowest BCUT2D eigenvalue weighted by Gasteiger charge is -1.98. The van der Waals surface area contributed by atoms with E-state index in [2.05, 4.69) is 4.98 Å². The lowest BCUT2D eigenvalue weighted by Crippen LogP contribution is -1.88. The van der Waals surface area contributed by atoms with Gasteiger partial charge in [0.2, 0.25) is 5.95 Å². The number of fused-ring (bicyclic) bond motifs is 1. The molecule has 1 nitrogen and oxygen atoms in total. The highest BCUT2D eigenvalue weighted by Gasteiger charge is 2.00. The van der Waals surface area contributed by atoms with Gasteiger partial charge in [0.15, 0.2) is 0 Å². The van der Waals surface area contributed by atoms with Crippen LogP contribution in [0.4, 0.5) is 4.39 Å². The third kappa shape index (κ3) is 1.05. The summed E-state index contributed by atoms with van der Waals surface area (Å²) in [7, 11) is 0. The van der Waals surface area contributed by atoms with E-state index in [1.54, 1.807) is 13.0 Å². The molecule has 1 aromatic carbocycles. The topological polar surface area (TPSA) is 12.9 Å². The Kier molecular flexibility index (Phi) is 1.54. The molecule has 0 N–H and O–H groups in total. The monoisotopic (exact) mass is 161 g/mol. The molecule has 1 aromatic heterocycles. The zero-order valence-corrected chi connectivity index (χ0v) is 6.71. The number of nitrogens with zero attached hydrogens (tertiary/aromatic N) is 1. The first kappa shape index (κ1) is 7.22. The van der Waals surface area contributed by atoms with E-state index in [9.17, 15) is 4.39 Å². The Morgan fingerprint density at radius 1 is 1.25 bits per heavy atom. The van der Waals surface area contributed by atoms with Gasteiger partial charge in [-0.1, -0.05) is 18.2 Å². The molecule has 0 amide bonds. The fourth-order valence-electron chi connectivity index (χ4n) is 1.28. The second-order valence-corrected chi connectivity index (χ2v) is 2.78. The molecule has 0 saturated carbocycles. The van der Waals surface area contributed by atoms with Gasteiger partial charge in [-0.05, 0) is 24.4 Å². The fourth-order valence-corrected chi connectivity index (χ4v) is 1.28. The van der Waals surface area contributed by atoms with Crippen LogP contribution >= 0.6 is 0 Å². The molecule has 0 unspecified atom stereocenters. The molecule has 0 spiro atoms. The van der Waals surface area contributed by atoms with Crippen LogP contribution in [0.25, 0.3) is 10.8 Å². The summed E-state index contributed by atoms with van der Waals surface area (Å²) in [5, 5.41) is 1.49. The Bertz CT molecular complexity index is 423. The van der Waals surface area contributed by atoms with Gasteiger partial charge in [-0.15, -0.1) is 0 Å². The predicted molar refractivity (Wildman–Crippen MR) is 46.4 cm³/mol. The van der Waals surface area contributed by atoms with Crippen molar-refractivity contribution < 1.29 is 4.39 Å². The van der Waals surface area contributed by atoms with Gasteiger partial charge in [0.25, 0.3) is 0 Å². The number of aryl methyl sites for hydroxylation is 1. The Morgan fingerprint density at radius 3 is 2.83 bits per heavy atom. The molecular weight excluding hydrogens is 153 g/mol. The minimum atomic E-state index is -0.384. The van der Waals surface area contributed by atoms with Crippen LogP contribution in [0.15, 0.2) is 30.3 Å². The van der Waals surface area contributed by atoms with Gasteiger partial charge in [-0.25, -0.2) is 4.98 Å². The smallest absolute Gasteiger partial charge is 0.220 e. The molecule has 0 aliphatic heterocycles. The molecule has 0 atom stereocenters. The maximum Gasteiger partial charge on any atom is 0.220 e. The van der Waals surface area contributed by atoms with Crippen molar-refractivity contribution in [3.05, 3.63) is 42.0 Å². The molecule has 2 heteroatoms. The molecule has 0 bridgehead atoms. The molecule has 0 aliphatic carbocycles. The third-order valence-electron chi connectivity index (χ3n) is 1.82. The number of halogens is 1. The zero-order valence-electron chi connectivity index (χ0n) is 6.71. The molecule has 60 valence electrons. The SMILES string of the molecule is Cc1cc2ccccc2c(F)n1. The summed E-state index contributed by atoms with van der Waals surface area (Å²) < 4.78 is 13.1. The summed E-state index contributed by atoms with van der Waals surface area (Å²) in [5.41, 5.74) is 0.714. The fraction of sp³-hybridized carbons (Fsp3) is 0.100. The van der Waals surface area contributed by atoms with Crippen LogP contribution in [-0.2, 0) is 0 Å². The molecule has 1 heterocycles. The van der Waals surface area contributed by atoms with E-state index in [4.69, 9.17) is 0 Å². The van der Waals surface area contributed by atoms with Crippen LogP contribution in [0, 0.1) is 12.9 Å². The van der Waals surface area contributed by atoms with Crippen molar-refractivity contribution in [2.24, 2.45) is 0 Å². The van der Waals surface area contributed by atoms with E-state index in [-0.39, 0.29) is 5.95 Å². The van der Waals surface area contributed by atoms with Crippen molar-refractivity contribution in [3.63, 3.8) is 0 Å². The summed E-state index contributed by atoms with van der Waals surface area (Å²) in [4.78, 5) is 3.74. The van der Waals surface area contributed by atoms with Gasteiger partial charge in [-0.2, -0.15) is 4.39 Å². The summed E-state index contributed by atoms with van der Waals surface area (Å²) in [6, 6.07) is 9.19. The molecular formula is C10H8FN. The first-order chi connectivity index (χ1) is 5.77. The number of aromatic nitrogens is 1. The van der Waals surface area contributed by atoms with Crippen LogP contribution in [0.3, 0.4) is 0 Å². The van der Waals surface area contributed by atoms with Gasteiger partial charge in [0.1, 0.15) is 0 Å². The van der Waals surface area contributed by atoms with Crippen molar-refractivity contribution in [3.8, 4) is 0 Å². The summed E-state index contributed by atoms with van der Waals surface area (Å²) in [6.45, 7) is 1.79. The Hall–Kier alpha value is -1.44. The maximum atomic E-state index is 13.1. The normalized spacial score (nSPS) is 10.5. The van der Waals surface area contributed by atoms with Crippen LogP contribution < -0.4 is 0 Å². The average molecular weight is 161 g/mol. The lowest BCUT2D eigenvalue weighted by molar-refractivity contribution is 0.593. The molecule has 0 fully saturated rings. The second kappa shape index (κ2) is 2.55. The van der Waals surface area contributed by atoms with Crippen molar-refractivity contribution in [1.82, 2.24) is 4.98 Å². The number of benzene rings is 1. The zero-order chi connectivity index (χ0) is 8.55. The highest BCUT2D eigenvalue weighted by Crippen LogP contribution is 2.16. The number of pyridine rings is 1. The van der Waals surface area contributed by atoms with E-state index >= 15 is 0 Å². The maximum absolute atomic E-state index is 13.1. The van der Waals surface area contributed by atoms with Crippen LogP contribution in [-0.4, -0.2) is 4.98 Å². The van der Waals surface area contributed by atoms with Crippen molar-refractivity contribution in [2.45, 2.75) is 6.92 Å². The largest absolute Gasteiger partial charge is 0.225 e. The minimum absolute atomic E-state index is 0.384. The van der Waals surface area contributed by atoms with E-state index in [0.29, 0.717) is 11.1 Å². The molecule has 12 heavy (non-hydrogen) atoms. The predicted octanol–water partition coefficient (Wildman–Crippen LogP) is 2.68. The van der Waals surface area contributed by atoms with Crippen molar-refractivity contribution in [2.75, 3.05) is 0 Å². The molecule has 0 saturated heterocycles. The summed E-state index contributed by atoms with van der Waals surface area (Å²) in [6.07, 6.45) is 0. The van der Waals surface area contributed by atoms with E-state index in [1.807, 2.05) is 24.3 Å². The van der Waals surface area contributed by atoms with Gasteiger partial charge >= 0.3 is 0 Å². The standard InChI is InChI=1S/C10H8FN/c1-7-6-8-4-2-3-5-9(8)10(11)12-7/h2-6H,1H3. The number of rotatable bonds is 0. The molecule has 2 rings (SSSR count). The first-order valence-electron chi connectivity index (χ1n) is 3.79. The van der Waals surface area contributed by atoms with Gasteiger partial charge in [0, 0.05) is 11.1 Å². The second-order valence-electron chi connectivity index (χ2n) is 2.78. The van der Waals surface area contributed by atoms with Crippen molar-refractivity contribution >= 4 is 10.8 Å². The molecule has 2 aromatic rings. The summed E-state index contributed by atoms with van der Waals surface area (Å²) in [5.74, 6) is -0.384. The lowest BCUT2D eigenvalue weighted by atomic mass is 10.1. The van der Waals surface area contributed by atoms with Crippen molar-refractivity contribution in [1.29, 1.82) is 0 Å². The number of hydrogen-bond acceptors (Lipinski definition) is 1. The molecule has 0 aliphatic rings. The first-order valence-corrected chi connectivity index (χ1v) is 3.79. The Labute approximate surface area is 69.9 Å². The van der Waals surface area contributed by atoms with Gasteiger partial charge in [-0.3, -0.25) is 0 Å². The van der Waals surface area contributed by atoms with Gasteiger partial charge < -0.3 is 0 Å². The van der Waals surface area contributed by atoms with Crippen LogP contribution in [0.5, 0.6) is 0 Å². The van der Waals surface area contributed by atoms with E-state index in [1.165, 1.54) is 0 Å². The number of hydrogen-bond donors (Lipinski definition) is 0. The Balaban J connectivity index is 2.89.